The monoisotopic (exact) mass is 300 g/mol. The largest absolute Gasteiger partial charge is 0.496 e. The van der Waals surface area contributed by atoms with E-state index in [0.717, 1.165) is 17.7 Å². The first-order valence-corrected chi connectivity index (χ1v) is 6.63. The molecule has 0 heterocycles. The van der Waals surface area contributed by atoms with Gasteiger partial charge in [0.2, 0.25) is 0 Å². The van der Waals surface area contributed by atoms with Crippen molar-refractivity contribution in [2.45, 2.75) is 33.2 Å². The number of hydrogen-bond donors (Lipinski definition) is 2. The molecule has 1 atom stereocenters. The van der Waals surface area contributed by atoms with Crippen molar-refractivity contribution in [3.63, 3.8) is 0 Å². The van der Waals surface area contributed by atoms with E-state index in [9.17, 15) is 4.79 Å². The van der Waals surface area contributed by atoms with E-state index in [-0.39, 0.29) is 24.4 Å². The highest BCUT2D eigenvalue weighted by molar-refractivity contribution is 5.94. The zero-order chi connectivity index (χ0) is 14.4. The van der Waals surface area contributed by atoms with Gasteiger partial charge < -0.3 is 15.8 Å². The lowest BCUT2D eigenvalue weighted by Crippen LogP contribution is -2.41. The number of ether oxygens (including phenoxy) is 1. The number of benzene rings is 1. The maximum absolute atomic E-state index is 12.2. The summed E-state index contributed by atoms with van der Waals surface area (Å²) in [7, 11) is 1.60. The first kappa shape index (κ1) is 18.7. The van der Waals surface area contributed by atoms with Crippen LogP contribution in [0, 0.1) is 12.8 Å². The lowest BCUT2D eigenvalue weighted by molar-refractivity contribution is 0.0933. The molecule has 0 radical (unpaired) electrons. The minimum absolute atomic E-state index is 0. The van der Waals surface area contributed by atoms with Crippen LogP contribution in [0.1, 0.15) is 36.2 Å². The predicted octanol–water partition coefficient (Wildman–Crippen LogP) is 2.53. The Kier molecular flexibility index (Phi) is 8.26. The molecule has 3 N–H and O–H groups in total. The summed E-state index contributed by atoms with van der Waals surface area (Å²) in [5, 5.41) is 2.97. The van der Waals surface area contributed by atoms with Gasteiger partial charge in [-0.2, -0.15) is 0 Å². The van der Waals surface area contributed by atoms with Crippen molar-refractivity contribution in [3.8, 4) is 5.75 Å². The van der Waals surface area contributed by atoms with Crippen molar-refractivity contribution in [2.24, 2.45) is 11.7 Å². The summed E-state index contributed by atoms with van der Waals surface area (Å²) in [6.07, 6.45) is 0.880. The van der Waals surface area contributed by atoms with Crippen molar-refractivity contribution >= 4 is 18.3 Å². The summed E-state index contributed by atoms with van der Waals surface area (Å²) in [5.41, 5.74) is 7.30. The molecule has 0 saturated carbocycles. The molecule has 114 valence electrons. The summed E-state index contributed by atoms with van der Waals surface area (Å²) in [4.78, 5) is 12.2. The lowest BCUT2D eigenvalue weighted by atomic mass is 10.0. The molecule has 0 bridgehead atoms. The molecule has 1 rings (SSSR count). The fraction of sp³-hybridized carbons (Fsp3) is 0.533. The zero-order valence-corrected chi connectivity index (χ0v) is 13.4. The number of carbonyl (C=O) groups is 1. The van der Waals surface area contributed by atoms with Gasteiger partial charge in [0.1, 0.15) is 5.75 Å². The molecule has 1 unspecified atom stereocenters. The number of aryl methyl sites for hydroxylation is 1. The second-order valence-corrected chi connectivity index (χ2v) is 5.22. The Morgan fingerprint density at radius 3 is 2.55 bits per heavy atom. The number of methoxy groups -OCH3 is 1. The van der Waals surface area contributed by atoms with Crippen LogP contribution in [-0.4, -0.2) is 25.6 Å². The smallest absolute Gasteiger partial charge is 0.251 e. The summed E-state index contributed by atoms with van der Waals surface area (Å²) in [6, 6.07) is 5.46. The van der Waals surface area contributed by atoms with Gasteiger partial charge in [0, 0.05) is 18.2 Å². The van der Waals surface area contributed by atoms with E-state index in [1.54, 1.807) is 19.2 Å². The molecular formula is C15H25ClN2O2. The van der Waals surface area contributed by atoms with E-state index in [2.05, 4.69) is 19.2 Å². The summed E-state index contributed by atoms with van der Waals surface area (Å²) in [6.45, 7) is 6.63. The van der Waals surface area contributed by atoms with Crippen molar-refractivity contribution in [1.82, 2.24) is 5.32 Å². The van der Waals surface area contributed by atoms with Crippen LogP contribution < -0.4 is 15.8 Å². The van der Waals surface area contributed by atoms with Crippen LogP contribution >= 0.6 is 12.4 Å². The van der Waals surface area contributed by atoms with E-state index >= 15 is 0 Å². The lowest BCUT2D eigenvalue weighted by Gasteiger charge is -2.19. The molecule has 5 heteroatoms. The van der Waals surface area contributed by atoms with Crippen LogP contribution in [0.4, 0.5) is 0 Å². The Hall–Kier alpha value is -1.26. The van der Waals surface area contributed by atoms with E-state index in [0.29, 0.717) is 18.0 Å². The second kappa shape index (κ2) is 8.82. The topological polar surface area (TPSA) is 64.3 Å². The highest BCUT2D eigenvalue weighted by atomic mass is 35.5. The number of halogens is 1. The third kappa shape index (κ3) is 5.39. The molecule has 0 spiro atoms. The van der Waals surface area contributed by atoms with Crippen molar-refractivity contribution in [2.75, 3.05) is 13.7 Å². The van der Waals surface area contributed by atoms with Gasteiger partial charge in [-0.05, 0) is 37.0 Å². The van der Waals surface area contributed by atoms with E-state index in [4.69, 9.17) is 10.5 Å². The summed E-state index contributed by atoms with van der Waals surface area (Å²) >= 11 is 0. The molecule has 0 saturated heterocycles. The zero-order valence-electron chi connectivity index (χ0n) is 12.6. The minimum Gasteiger partial charge on any atom is -0.496 e. The van der Waals surface area contributed by atoms with Gasteiger partial charge in [-0.15, -0.1) is 12.4 Å². The van der Waals surface area contributed by atoms with E-state index in [1.165, 1.54) is 0 Å². The van der Waals surface area contributed by atoms with Gasteiger partial charge >= 0.3 is 0 Å². The molecule has 0 aliphatic heterocycles. The molecule has 0 fully saturated rings. The average molecular weight is 301 g/mol. The number of carbonyl (C=O) groups excluding carboxylic acids is 1. The Morgan fingerprint density at radius 1 is 1.40 bits per heavy atom. The average Bonchev–Trinajstić information content (AvgIpc) is 2.37. The van der Waals surface area contributed by atoms with Crippen LogP contribution in [0.15, 0.2) is 18.2 Å². The van der Waals surface area contributed by atoms with Crippen LogP contribution in [0.25, 0.3) is 0 Å². The Balaban J connectivity index is 0.00000361. The Morgan fingerprint density at radius 2 is 2.05 bits per heavy atom. The number of nitrogens with one attached hydrogen (secondary N) is 1. The quantitative estimate of drug-likeness (QED) is 0.848. The molecule has 4 nitrogen and oxygen atoms in total. The molecule has 20 heavy (non-hydrogen) atoms. The first-order valence-electron chi connectivity index (χ1n) is 6.63. The Bertz CT molecular complexity index is 436. The van der Waals surface area contributed by atoms with Crippen molar-refractivity contribution in [3.05, 3.63) is 29.3 Å². The number of nitrogens with two attached hydrogens (primary N) is 1. The third-order valence-corrected chi connectivity index (χ3v) is 3.05. The maximum atomic E-state index is 12.2. The van der Waals surface area contributed by atoms with Gasteiger partial charge in [-0.3, -0.25) is 4.79 Å². The molecular weight excluding hydrogens is 276 g/mol. The summed E-state index contributed by atoms with van der Waals surface area (Å²) in [5.74, 6) is 1.12. The SMILES string of the molecule is COc1cc(C(=O)NC(CN)CC(C)C)ccc1C.Cl. The number of rotatable bonds is 6. The van der Waals surface area contributed by atoms with E-state index in [1.807, 2.05) is 13.0 Å². The van der Waals surface area contributed by atoms with Gasteiger partial charge in [-0.25, -0.2) is 0 Å². The Labute approximate surface area is 127 Å². The van der Waals surface area contributed by atoms with Gasteiger partial charge in [0.05, 0.1) is 7.11 Å². The fourth-order valence-corrected chi connectivity index (χ4v) is 2.01. The molecule has 0 aliphatic rings. The van der Waals surface area contributed by atoms with Gasteiger partial charge in [0.25, 0.3) is 5.91 Å². The summed E-state index contributed by atoms with van der Waals surface area (Å²) < 4.78 is 5.23. The molecule has 0 aliphatic carbocycles. The normalized spacial score (nSPS) is 11.7. The molecule has 0 aromatic heterocycles. The predicted molar refractivity (Wildman–Crippen MR) is 84.7 cm³/mol. The standard InChI is InChI=1S/C15H24N2O2.ClH/c1-10(2)7-13(9-16)17-15(18)12-6-5-11(3)14(8-12)19-4;/h5-6,8,10,13H,7,9,16H2,1-4H3,(H,17,18);1H. The van der Waals surface area contributed by atoms with Gasteiger partial charge in [0.15, 0.2) is 0 Å². The highest BCUT2D eigenvalue weighted by Gasteiger charge is 2.14. The van der Waals surface area contributed by atoms with Gasteiger partial charge in [-0.1, -0.05) is 19.9 Å². The molecule has 1 aromatic carbocycles. The highest BCUT2D eigenvalue weighted by Crippen LogP contribution is 2.19. The molecule has 1 amide bonds. The fourth-order valence-electron chi connectivity index (χ4n) is 2.01. The van der Waals surface area contributed by atoms with Crippen LogP contribution in [0.3, 0.4) is 0 Å². The number of hydrogen-bond acceptors (Lipinski definition) is 3. The number of amides is 1. The van der Waals surface area contributed by atoms with Crippen molar-refractivity contribution in [1.29, 1.82) is 0 Å². The second-order valence-electron chi connectivity index (χ2n) is 5.22. The van der Waals surface area contributed by atoms with Crippen LogP contribution in [0.5, 0.6) is 5.75 Å². The molecule has 1 aromatic rings. The van der Waals surface area contributed by atoms with Crippen LogP contribution in [0.2, 0.25) is 0 Å². The maximum Gasteiger partial charge on any atom is 0.251 e. The van der Waals surface area contributed by atoms with E-state index < -0.39 is 0 Å². The minimum atomic E-state index is -0.102. The van der Waals surface area contributed by atoms with Crippen LogP contribution in [-0.2, 0) is 0 Å². The third-order valence-electron chi connectivity index (χ3n) is 3.05. The van der Waals surface area contributed by atoms with Crippen molar-refractivity contribution < 1.29 is 9.53 Å². The first-order chi connectivity index (χ1) is 8.97.